The summed E-state index contributed by atoms with van der Waals surface area (Å²) in [6.07, 6.45) is 1.07. The van der Waals surface area contributed by atoms with Gasteiger partial charge in [0.1, 0.15) is 17.5 Å². The third-order valence-electron chi connectivity index (χ3n) is 3.06. The van der Waals surface area contributed by atoms with Gasteiger partial charge < -0.3 is 15.4 Å². The molecule has 0 aliphatic carbocycles. The summed E-state index contributed by atoms with van der Waals surface area (Å²) in [5.41, 5.74) is -0.222. The van der Waals surface area contributed by atoms with Gasteiger partial charge in [0.25, 0.3) is 0 Å². The molecule has 0 spiro atoms. The van der Waals surface area contributed by atoms with Crippen LogP contribution >= 0.6 is 0 Å². The highest BCUT2D eigenvalue weighted by molar-refractivity contribution is 5.48. The molecule has 1 aromatic heterocycles. The topological polar surface area (TPSA) is 59.1 Å². The Morgan fingerprint density at radius 3 is 2.30 bits per heavy atom. The van der Waals surface area contributed by atoms with Gasteiger partial charge in [0.2, 0.25) is 0 Å². The molecule has 0 aliphatic heterocycles. The maximum absolute atomic E-state index is 5.41. The Morgan fingerprint density at radius 2 is 1.80 bits per heavy atom. The van der Waals surface area contributed by atoms with Crippen molar-refractivity contribution in [1.82, 2.24) is 9.97 Å². The molecule has 2 N–H and O–H groups in total. The zero-order valence-electron chi connectivity index (χ0n) is 13.6. The normalized spacial score (nSPS) is 11.8. The predicted octanol–water partition coefficient (Wildman–Crippen LogP) is 3.26. The van der Waals surface area contributed by atoms with Crippen LogP contribution in [0.25, 0.3) is 0 Å². The summed E-state index contributed by atoms with van der Waals surface area (Å²) in [6, 6.07) is 1.95. The molecule has 114 valence electrons. The standard InChI is InChI=1S/C15H28N4O/c1-7-8-16-12-9-13(17-10-15(4,5)20-6)19-14(18-12)11(2)3/h9,11H,7-8,10H2,1-6H3,(H2,16,17,18,19). The lowest BCUT2D eigenvalue weighted by Gasteiger charge is -2.23. The van der Waals surface area contributed by atoms with Crippen LogP contribution in [0, 0.1) is 0 Å². The molecule has 0 saturated heterocycles. The van der Waals surface area contributed by atoms with Gasteiger partial charge >= 0.3 is 0 Å². The quantitative estimate of drug-likeness (QED) is 0.765. The van der Waals surface area contributed by atoms with Crippen molar-refractivity contribution in [1.29, 1.82) is 0 Å². The van der Waals surface area contributed by atoms with Gasteiger partial charge in [-0.3, -0.25) is 0 Å². The zero-order chi connectivity index (χ0) is 15.2. The van der Waals surface area contributed by atoms with E-state index in [9.17, 15) is 0 Å². The Kier molecular flexibility index (Phi) is 6.20. The van der Waals surface area contributed by atoms with E-state index in [2.05, 4.69) is 41.4 Å². The molecule has 0 radical (unpaired) electrons. The highest BCUT2D eigenvalue weighted by Gasteiger charge is 2.16. The lowest BCUT2D eigenvalue weighted by molar-refractivity contribution is 0.0343. The minimum Gasteiger partial charge on any atom is -0.377 e. The Balaban J connectivity index is 2.85. The van der Waals surface area contributed by atoms with Crippen molar-refractivity contribution in [2.75, 3.05) is 30.8 Å². The van der Waals surface area contributed by atoms with E-state index in [1.165, 1.54) is 0 Å². The number of nitrogens with zero attached hydrogens (tertiary/aromatic N) is 2. The van der Waals surface area contributed by atoms with Crippen LogP contribution in [0.1, 0.15) is 52.8 Å². The summed E-state index contributed by atoms with van der Waals surface area (Å²) in [6.45, 7) is 12.0. The summed E-state index contributed by atoms with van der Waals surface area (Å²) in [5.74, 6) is 2.87. The van der Waals surface area contributed by atoms with Crippen molar-refractivity contribution in [2.24, 2.45) is 0 Å². The smallest absolute Gasteiger partial charge is 0.135 e. The number of hydrogen-bond acceptors (Lipinski definition) is 5. The van der Waals surface area contributed by atoms with Crippen LogP contribution in [-0.4, -0.2) is 35.8 Å². The SMILES string of the molecule is CCCNc1cc(NCC(C)(C)OC)nc(C(C)C)n1. The first-order chi connectivity index (χ1) is 9.38. The van der Waals surface area contributed by atoms with Gasteiger partial charge in [-0.1, -0.05) is 20.8 Å². The molecular formula is C15H28N4O. The van der Waals surface area contributed by atoms with Gasteiger partial charge in [0, 0.05) is 32.2 Å². The monoisotopic (exact) mass is 280 g/mol. The van der Waals surface area contributed by atoms with Crippen LogP contribution in [0.15, 0.2) is 6.07 Å². The van der Waals surface area contributed by atoms with E-state index in [4.69, 9.17) is 4.74 Å². The molecule has 20 heavy (non-hydrogen) atoms. The van der Waals surface area contributed by atoms with Gasteiger partial charge in [-0.2, -0.15) is 0 Å². The maximum Gasteiger partial charge on any atom is 0.135 e. The first-order valence-corrected chi connectivity index (χ1v) is 7.30. The van der Waals surface area contributed by atoms with Crippen molar-refractivity contribution >= 4 is 11.6 Å². The second-order valence-corrected chi connectivity index (χ2v) is 5.90. The van der Waals surface area contributed by atoms with Crippen molar-refractivity contribution < 1.29 is 4.74 Å². The number of anilines is 2. The van der Waals surface area contributed by atoms with Gasteiger partial charge in [-0.25, -0.2) is 9.97 Å². The third-order valence-corrected chi connectivity index (χ3v) is 3.06. The maximum atomic E-state index is 5.41. The lowest BCUT2D eigenvalue weighted by atomic mass is 10.1. The molecule has 1 aromatic rings. The van der Waals surface area contributed by atoms with E-state index in [1.807, 2.05) is 19.9 Å². The number of methoxy groups -OCH3 is 1. The fourth-order valence-corrected chi connectivity index (χ4v) is 1.53. The average Bonchev–Trinajstić information content (AvgIpc) is 2.43. The second kappa shape index (κ2) is 7.43. The van der Waals surface area contributed by atoms with Crippen LogP contribution in [0.2, 0.25) is 0 Å². The summed E-state index contributed by atoms with van der Waals surface area (Å²) in [7, 11) is 1.72. The molecule has 5 heteroatoms. The first-order valence-electron chi connectivity index (χ1n) is 7.30. The predicted molar refractivity (Wildman–Crippen MR) is 84.5 cm³/mol. The van der Waals surface area contributed by atoms with Gasteiger partial charge in [-0.05, 0) is 20.3 Å². The highest BCUT2D eigenvalue weighted by atomic mass is 16.5. The van der Waals surface area contributed by atoms with E-state index in [-0.39, 0.29) is 5.60 Å². The molecule has 0 bridgehead atoms. The average molecular weight is 280 g/mol. The molecule has 0 fully saturated rings. The van der Waals surface area contributed by atoms with Gasteiger partial charge in [0.05, 0.1) is 5.60 Å². The number of hydrogen-bond donors (Lipinski definition) is 2. The fourth-order valence-electron chi connectivity index (χ4n) is 1.53. The Morgan fingerprint density at radius 1 is 1.20 bits per heavy atom. The Hall–Kier alpha value is -1.36. The summed E-state index contributed by atoms with van der Waals surface area (Å²) in [4.78, 5) is 9.10. The van der Waals surface area contributed by atoms with E-state index < -0.39 is 0 Å². The minimum absolute atomic E-state index is 0.222. The number of nitrogens with one attached hydrogen (secondary N) is 2. The van der Waals surface area contributed by atoms with Crippen LogP contribution < -0.4 is 10.6 Å². The van der Waals surface area contributed by atoms with Crippen LogP contribution in [-0.2, 0) is 4.74 Å². The molecule has 0 unspecified atom stereocenters. The number of ether oxygens (including phenoxy) is 1. The molecular weight excluding hydrogens is 252 g/mol. The molecule has 0 aliphatic rings. The van der Waals surface area contributed by atoms with Crippen molar-refractivity contribution in [3.8, 4) is 0 Å². The highest BCUT2D eigenvalue weighted by Crippen LogP contribution is 2.18. The van der Waals surface area contributed by atoms with E-state index >= 15 is 0 Å². The van der Waals surface area contributed by atoms with Gasteiger partial charge in [-0.15, -0.1) is 0 Å². The number of aromatic nitrogens is 2. The van der Waals surface area contributed by atoms with Gasteiger partial charge in [0.15, 0.2) is 0 Å². The minimum atomic E-state index is -0.222. The zero-order valence-corrected chi connectivity index (χ0v) is 13.6. The molecule has 1 heterocycles. The third kappa shape index (κ3) is 5.33. The largest absolute Gasteiger partial charge is 0.377 e. The van der Waals surface area contributed by atoms with E-state index in [0.717, 1.165) is 30.4 Å². The molecule has 0 amide bonds. The molecule has 5 nitrogen and oxygen atoms in total. The molecule has 0 atom stereocenters. The summed E-state index contributed by atoms with van der Waals surface area (Å²) >= 11 is 0. The fraction of sp³-hybridized carbons (Fsp3) is 0.733. The molecule has 0 aromatic carbocycles. The molecule has 1 rings (SSSR count). The van der Waals surface area contributed by atoms with Crippen LogP contribution in [0.5, 0.6) is 0 Å². The Bertz CT molecular complexity index is 418. The van der Waals surface area contributed by atoms with Crippen molar-refractivity contribution in [3.05, 3.63) is 11.9 Å². The lowest BCUT2D eigenvalue weighted by Crippen LogP contribution is -2.32. The van der Waals surface area contributed by atoms with Crippen LogP contribution in [0.3, 0.4) is 0 Å². The second-order valence-electron chi connectivity index (χ2n) is 5.90. The van der Waals surface area contributed by atoms with Crippen molar-refractivity contribution in [2.45, 2.75) is 52.6 Å². The van der Waals surface area contributed by atoms with Crippen molar-refractivity contribution in [3.63, 3.8) is 0 Å². The number of rotatable bonds is 8. The van der Waals surface area contributed by atoms with E-state index in [1.54, 1.807) is 7.11 Å². The van der Waals surface area contributed by atoms with E-state index in [0.29, 0.717) is 12.5 Å². The first kappa shape index (κ1) is 16.7. The Labute approximate surface area is 122 Å². The summed E-state index contributed by atoms with van der Waals surface area (Å²) < 4.78 is 5.41. The molecule has 0 saturated carbocycles. The van der Waals surface area contributed by atoms with Crippen LogP contribution in [0.4, 0.5) is 11.6 Å². The summed E-state index contributed by atoms with van der Waals surface area (Å²) in [5, 5.41) is 6.65.